The van der Waals surface area contributed by atoms with Gasteiger partial charge >= 0.3 is 0 Å². The van der Waals surface area contributed by atoms with Crippen molar-refractivity contribution >= 4 is 33.9 Å². The van der Waals surface area contributed by atoms with E-state index in [1.165, 1.54) is 11.3 Å². The molecule has 0 unspecified atom stereocenters. The molecule has 4 aromatic rings. The average Bonchev–Trinajstić information content (AvgIpc) is 3.27. The number of nitrogens with one attached hydrogen (secondary N) is 2. The van der Waals surface area contributed by atoms with Crippen molar-refractivity contribution in [2.45, 2.75) is 6.92 Å². The Balaban J connectivity index is 1.76. The van der Waals surface area contributed by atoms with Crippen LogP contribution in [-0.4, -0.2) is 31.8 Å². The van der Waals surface area contributed by atoms with E-state index in [-0.39, 0.29) is 0 Å². The van der Waals surface area contributed by atoms with Gasteiger partial charge in [0.25, 0.3) is 0 Å². The van der Waals surface area contributed by atoms with Crippen LogP contribution in [0.5, 0.6) is 5.75 Å². The number of aromatic nitrogens is 5. The molecule has 3 aromatic heterocycles. The monoisotopic (exact) mass is 338 g/mol. The third kappa shape index (κ3) is 2.67. The predicted molar refractivity (Wildman–Crippen MR) is 93.7 cm³/mol. The van der Waals surface area contributed by atoms with Crippen LogP contribution < -0.4 is 10.1 Å². The summed E-state index contributed by atoms with van der Waals surface area (Å²) < 4.78 is 5.63. The highest BCUT2D eigenvalue weighted by Crippen LogP contribution is 2.30. The molecule has 2 N–H and O–H groups in total. The first-order chi connectivity index (χ1) is 11.8. The van der Waals surface area contributed by atoms with Gasteiger partial charge in [0.2, 0.25) is 0 Å². The summed E-state index contributed by atoms with van der Waals surface area (Å²) in [4.78, 5) is 13.2. The highest BCUT2D eigenvalue weighted by Gasteiger charge is 2.14. The normalized spacial score (nSPS) is 10.9. The summed E-state index contributed by atoms with van der Waals surface area (Å²) in [5, 5.41) is 14.2. The van der Waals surface area contributed by atoms with E-state index >= 15 is 0 Å². The van der Waals surface area contributed by atoms with E-state index < -0.39 is 0 Å². The molecular weight excluding hydrogens is 324 g/mol. The Bertz CT molecular complexity index is 966. The molecule has 0 aliphatic carbocycles. The maximum atomic E-state index is 5.63. The molecule has 0 amide bonds. The lowest BCUT2D eigenvalue weighted by atomic mass is 10.2. The number of benzene rings is 1. The van der Waals surface area contributed by atoms with Gasteiger partial charge in [0, 0.05) is 17.0 Å². The first-order valence-electron chi connectivity index (χ1n) is 7.45. The summed E-state index contributed by atoms with van der Waals surface area (Å²) in [6, 6.07) is 7.89. The summed E-state index contributed by atoms with van der Waals surface area (Å²) in [6.45, 7) is 2.44. The number of thiazole rings is 1. The van der Waals surface area contributed by atoms with Crippen molar-refractivity contribution in [3.63, 3.8) is 0 Å². The number of hydrogen-bond acceptors (Lipinski definition) is 7. The summed E-state index contributed by atoms with van der Waals surface area (Å²) in [6.07, 6.45) is 3.39. The maximum absolute atomic E-state index is 5.63. The van der Waals surface area contributed by atoms with Gasteiger partial charge in [-0.05, 0) is 19.1 Å². The van der Waals surface area contributed by atoms with Gasteiger partial charge in [0.05, 0.1) is 18.3 Å². The van der Waals surface area contributed by atoms with E-state index in [0.29, 0.717) is 29.8 Å². The minimum absolute atomic E-state index is 0.524. The Morgan fingerprint density at radius 1 is 1.21 bits per heavy atom. The topological polar surface area (TPSA) is 88.6 Å². The van der Waals surface area contributed by atoms with Crippen molar-refractivity contribution in [1.29, 1.82) is 0 Å². The highest BCUT2D eigenvalue weighted by atomic mass is 32.1. The number of para-hydroxylation sites is 1. The van der Waals surface area contributed by atoms with Crippen molar-refractivity contribution < 1.29 is 4.74 Å². The van der Waals surface area contributed by atoms with E-state index in [4.69, 9.17) is 4.74 Å². The van der Waals surface area contributed by atoms with Crippen molar-refractivity contribution in [3.05, 3.63) is 42.0 Å². The van der Waals surface area contributed by atoms with Gasteiger partial charge in [-0.2, -0.15) is 5.10 Å². The number of aromatic amines is 1. The van der Waals surface area contributed by atoms with Crippen molar-refractivity contribution in [1.82, 2.24) is 25.1 Å². The quantitative estimate of drug-likeness (QED) is 0.578. The fraction of sp³-hybridized carbons (Fsp3) is 0.125. The number of hydrogen-bond donors (Lipinski definition) is 2. The molecule has 0 fully saturated rings. The second-order valence-corrected chi connectivity index (χ2v) is 5.81. The van der Waals surface area contributed by atoms with Gasteiger partial charge in [-0.15, -0.1) is 11.3 Å². The molecule has 24 heavy (non-hydrogen) atoms. The molecule has 4 rings (SSSR count). The lowest BCUT2D eigenvalue weighted by Crippen LogP contribution is -2.03. The van der Waals surface area contributed by atoms with E-state index in [2.05, 4.69) is 30.5 Å². The van der Waals surface area contributed by atoms with E-state index in [1.54, 1.807) is 12.4 Å². The lowest BCUT2D eigenvalue weighted by molar-refractivity contribution is 0.339. The summed E-state index contributed by atoms with van der Waals surface area (Å²) in [5.74, 6) is 2.38. The number of rotatable bonds is 5. The maximum Gasteiger partial charge on any atom is 0.190 e. The number of anilines is 2. The molecule has 0 atom stereocenters. The zero-order valence-corrected chi connectivity index (χ0v) is 13.7. The molecule has 0 saturated carbocycles. The van der Waals surface area contributed by atoms with Gasteiger partial charge in [-0.25, -0.2) is 15.0 Å². The summed E-state index contributed by atoms with van der Waals surface area (Å²) >= 11 is 1.49. The summed E-state index contributed by atoms with van der Waals surface area (Å²) in [5.41, 5.74) is 0.951. The minimum atomic E-state index is 0.524. The third-order valence-electron chi connectivity index (χ3n) is 3.39. The van der Waals surface area contributed by atoms with Gasteiger partial charge in [-0.3, -0.25) is 5.10 Å². The fourth-order valence-corrected chi connectivity index (χ4v) is 2.91. The van der Waals surface area contributed by atoms with Crippen LogP contribution in [0, 0.1) is 0 Å². The van der Waals surface area contributed by atoms with Gasteiger partial charge in [-0.1, -0.05) is 12.1 Å². The molecule has 0 radical (unpaired) electrons. The molecule has 0 bridgehead atoms. The van der Waals surface area contributed by atoms with Crippen LogP contribution in [0.1, 0.15) is 6.92 Å². The fourth-order valence-electron chi connectivity index (χ4n) is 2.33. The Labute approximate surface area is 141 Å². The molecule has 0 spiro atoms. The first kappa shape index (κ1) is 14.6. The second kappa shape index (κ2) is 6.25. The number of ether oxygens (including phenoxy) is 1. The molecule has 7 nitrogen and oxygen atoms in total. The summed E-state index contributed by atoms with van der Waals surface area (Å²) in [7, 11) is 0. The van der Waals surface area contributed by atoms with E-state index in [1.807, 2.05) is 36.6 Å². The van der Waals surface area contributed by atoms with E-state index in [0.717, 1.165) is 15.9 Å². The third-order valence-corrected chi connectivity index (χ3v) is 4.15. The largest absolute Gasteiger partial charge is 0.488 e. The molecule has 0 aliphatic heterocycles. The van der Waals surface area contributed by atoms with Crippen LogP contribution in [0.4, 0.5) is 11.6 Å². The van der Waals surface area contributed by atoms with Crippen LogP contribution in [-0.2, 0) is 0 Å². The predicted octanol–water partition coefficient (Wildman–Crippen LogP) is 3.62. The Morgan fingerprint density at radius 2 is 2.12 bits per heavy atom. The van der Waals surface area contributed by atoms with Gasteiger partial charge in [0.1, 0.15) is 0 Å². The van der Waals surface area contributed by atoms with Crippen molar-refractivity contribution in [3.8, 4) is 16.6 Å². The van der Waals surface area contributed by atoms with E-state index in [9.17, 15) is 0 Å². The first-order valence-corrected chi connectivity index (χ1v) is 8.33. The molecule has 0 saturated heterocycles. The van der Waals surface area contributed by atoms with Crippen LogP contribution in [0.3, 0.4) is 0 Å². The van der Waals surface area contributed by atoms with Gasteiger partial charge < -0.3 is 10.1 Å². The Morgan fingerprint density at radius 3 is 2.96 bits per heavy atom. The SMILES string of the molecule is CCOc1cnc(-c2nccs2)nc1Nc1n[nH]c2ccccc12. The second-order valence-electron chi connectivity index (χ2n) is 4.92. The van der Waals surface area contributed by atoms with Crippen LogP contribution in [0.2, 0.25) is 0 Å². The van der Waals surface area contributed by atoms with Crippen molar-refractivity contribution in [2.75, 3.05) is 11.9 Å². The number of fused-ring (bicyclic) bond motifs is 1. The lowest BCUT2D eigenvalue weighted by Gasteiger charge is -2.10. The average molecular weight is 338 g/mol. The zero-order chi connectivity index (χ0) is 16.4. The van der Waals surface area contributed by atoms with Gasteiger partial charge in [0.15, 0.2) is 28.2 Å². The molecule has 3 heterocycles. The standard InChI is InChI=1S/C16H14N6OS/c1-2-23-12-9-18-15(16-17-7-8-24-16)20-14(12)19-13-10-5-3-4-6-11(10)21-22-13/h3-9H,2H2,1H3,(H2,18,19,20,21,22). The minimum Gasteiger partial charge on any atom is -0.488 e. The van der Waals surface area contributed by atoms with Crippen LogP contribution >= 0.6 is 11.3 Å². The Kier molecular flexibility index (Phi) is 3.80. The molecule has 8 heteroatoms. The number of H-pyrrole nitrogens is 1. The highest BCUT2D eigenvalue weighted by molar-refractivity contribution is 7.13. The molecular formula is C16H14N6OS. The van der Waals surface area contributed by atoms with Crippen LogP contribution in [0.25, 0.3) is 21.7 Å². The van der Waals surface area contributed by atoms with Crippen LogP contribution in [0.15, 0.2) is 42.0 Å². The number of nitrogens with zero attached hydrogens (tertiary/aromatic N) is 4. The zero-order valence-electron chi connectivity index (χ0n) is 12.9. The molecule has 0 aliphatic rings. The Hall–Kier alpha value is -3.00. The smallest absolute Gasteiger partial charge is 0.190 e. The van der Waals surface area contributed by atoms with Crippen molar-refractivity contribution in [2.24, 2.45) is 0 Å². The molecule has 120 valence electrons. The molecule has 1 aromatic carbocycles.